The van der Waals surface area contributed by atoms with Crippen molar-refractivity contribution in [2.45, 2.75) is 43.7 Å². The van der Waals surface area contributed by atoms with Crippen LogP contribution in [0.15, 0.2) is 17.8 Å². The summed E-state index contributed by atoms with van der Waals surface area (Å²) in [5.41, 5.74) is 0. The molecule has 0 spiro atoms. The number of halogens is 2. The third-order valence-corrected chi connectivity index (χ3v) is 10.2. The van der Waals surface area contributed by atoms with Gasteiger partial charge in [0, 0.05) is 5.39 Å². The van der Waals surface area contributed by atoms with Gasteiger partial charge in [-0.05, 0) is 50.3 Å². The molecule has 1 atom stereocenters. The van der Waals surface area contributed by atoms with Crippen molar-refractivity contribution in [3.63, 3.8) is 0 Å². The third kappa shape index (κ3) is 4.10. The van der Waals surface area contributed by atoms with Crippen molar-refractivity contribution >= 4 is 74.5 Å². The molecule has 2 rings (SSSR count). The molecular weight excluding hydrogens is 456 g/mol. The molecule has 7 heteroatoms. The summed E-state index contributed by atoms with van der Waals surface area (Å²) in [4.78, 5) is 0. The van der Waals surface area contributed by atoms with Crippen LogP contribution >= 0.6 is 54.5 Å². The van der Waals surface area contributed by atoms with Crippen LogP contribution < -0.4 is 0 Å². The second kappa shape index (κ2) is 7.43. The minimum atomic E-state index is -3.19. The van der Waals surface area contributed by atoms with E-state index < -0.39 is 9.84 Å². The molecule has 0 N–H and O–H groups in total. The van der Waals surface area contributed by atoms with Crippen molar-refractivity contribution in [2.75, 3.05) is 5.75 Å². The van der Waals surface area contributed by atoms with E-state index in [0.717, 1.165) is 43.3 Å². The van der Waals surface area contributed by atoms with Gasteiger partial charge in [-0.1, -0.05) is 33.1 Å². The van der Waals surface area contributed by atoms with Crippen LogP contribution in [0, 0.1) is 5.92 Å². The first-order valence-corrected chi connectivity index (χ1v) is 11.9. The molecule has 0 radical (unpaired) electrons. The molecule has 0 bridgehead atoms. The highest BCUT2D eigenvalue weighted by atomic mass is 79.9. The Kier molecular flexibility index (Phi) is 6.34. The molecule has 21 heavy (non-hydrogen) atoms. The number of fused-ring (bicyclic) bond motifs is 1. The molecule has 0 saturated heterocycles. The maximum atomic E-state index is 12.6. The summed E-state index contributed by atoms with van der Waals surface area (Å²) in [6.07, 6.45) is 4.14. The van der Waals surface area contributed by atoms with E-state index in [9.17, 15) is 8.42 Å². The van der Waals surface area contributed by atoms with Crippen LogP contribution in [0.3, 0.4) is 0 Å². The zero-order valence-electron chi connectivity index (χ0n) is 12.0. The van der Waals surface area contributed by atoms with E-state index >= 15 is 0 Å². The number of hydrogen-bond acceptors (Lipinski definition) is 4. The van der Waals surface area contributed by atoms with Gasteiger partial charge in [0.2, 0.25) is 0 Å². The third-order valence-electron chi connectivity index (χ3n) is 3.58. The lowest BCUT2D eigenvalue weighted by Crippen LogP contribution is -2.15. The average Bonchev–Trinajstić information content (AvgIpc) is 2.98. The molecule has 1 unspecified atom stereocenters. The Morgan fingerprint density at radius 3 is 2.48 bits per heavy atom. The van der Waals surface area contributed by atoms with Crippen molar-refractivity contribution in [3.05, 3.63) is 13.6 Å². The average molecular weight is 474 g/mol. The molecule has 0 aromatic carbocycles. The zero-order chi connectivity index (χ0) is 15.6. The van der Waals surface area contributed by atoms with Crippen LogP contribution in [0.25, 0.3) is 10.1 Å². The van der Waals surface area contributed by atoms with Crippen LogP contribution in [0.2, 0.25) is 0 Å². The van der Waals surface area contributed by atoms with E-state index in [-0.39, 0.29) is 11.7 Å². The van der Waals surface area contributed by atoms with E-state index in [0.29, 0.717) is 4.21 Å². The smallest absolute Gasteiger partial charge is 0.188 e. The largest absolute Gasteiger partial charge is 0.223 e. The lowest BCUT2D eigenvalue weighted by atomic mass is 10.0. The Labute approximate surface area is 151 Å². The van der Waals surface area contributed by atoms with Gasteiger partial charge < -0.3 is 0 Å². The normalized spacial score (nSPS) is 13.9. The van der Waals surface area contributed by atoms with Gasteiger partial charge in [0.1, 0.15) is 4.21 Å². The van der Waals surface area contributed by atoms with Gasteiger partial charge in [0.05, 0.1) is 18.0 Å². The number of sulfone groups is 1. The van der Waals surface area contributed by atoms with Gasteiger partial charge in [-0.2, -0.15) is 0 Å². The van der Waals surface area contributed by atoms with Crippen LogP contribution in [-0.4, -0.2) is 14.2 Å². The highest BCUT2D eigenvalue weighted by Crippen LogP contribution is 2.45. The summed E-state index contributed by atoms with van der Waals surface area (Å²) in [5.74, 6) is 0.534. The molecule has 0 aliphatic rings. The Balaban J connectivity index is 2.26. The fourth-order valence-electron chi connectivity index (χ4n) is 2.28. The van der Waals surface area contributed by atoms with Crippen LogP contribution in [0.1, 0.15) is 39.5 Å². The van der Waals surface area contributed by atoms with Gasteiger partial charge in [-0.25, -0.2) is 8.42 Å². The van der Waals surface area contributed by atoms with Crippen molar-refractivity contribution < 1.29 is 8.42 Å². The molecule has 0 saturated carbocycles. The Morgan fingerprint density at radius 1 is 1.19 bits per heavy atom. The monoisotopic (exact) mass is 472 g/mol. The Hall–Kier alpha value is 0.570. The molecule has 0 amide bonds. The van der Waals surface area contributed by atoms with Crippen LogP contribution in [0.5, 0.6) is 0 Å². The van der Waals surface area contributed by atoms with Gasteiger partial charge in [-0.15, -0.1) is 22.7 Å². The second-order valence-electron chi connectivity index (χ2n) is 5.16. The van der Waals surface area contributed by atoms with E-state index in [1.165, 1.54) is 11.3 Å². The summed E-state index contributed by atoms with van der Waals surface area (Å²) in [6.45, 7) is 4.22. The second-order valence-corrected chi connectivity index (χ2v) is 12.1. The highest BCUT2D eigenvalue weighted by molar-refractivity contribution is 9.12. The number of rotatable bonds is 7. The van der Waals surface area contributed by atoms with Crippen molar-refractivity contribution in [1.82, 2.24) is 0 Å². The lowest BCUT2D eigenvalue weighted by molar-refractivity contribution is 0.484. The molecule has 0 aliphatic carbocycles. The van der Waals surface area contributed by atoms with Crippen molar-refractivity contribution in [2.24, 2.45) is 5.92 Å². The maximum Gasteiger partial charge on any atom is 0.188 e. The van der Waals surface area contributed by atoms with Gasteiger partial charge >= 0.3 is 0 Å². The highest BCUT2D eigenvalue weighted by Gasteiger charge is 2.24. The summed E-state index contributed by atoms with van der Waals surface area (Å²) in [7, 11) is -3.19. The predicted molar refractivity (Wildman–Crippen MR) is 100 cm³/mol. The predicted octanol–water partition coefficient (Wildman–Crippen LogP) is 6.48. The van der Waals surface area contributed by atoms with Gasteiger partial charge in [0.15, 0.2) is 9.84 Å². The van der Waals surface area contributed by atoms with E-state index in [4.69, 9.17) is 0 Å². The molecule has 2 aromatic rings. The van der Waals surface area contributed by atoms with Crippen LogP contribution in [0.4, 0.5) is 0 Å². The minimum absolute atomic E-state index is 0.265. The minimum Gasteiger partial charge on any atom is -0.223 e. The summed E-state index contributed by atoms with van der Waals surface area (Å²) < 4.78 is 28.8. The fraction of sp³-hybridized carbons (Fsp3) is 0.571. The van der Waals surface area contributed by atoms with E-state index in [1.807, 2.05) is 6.07 Å². The Morgan fingerprint density at radius 2 is 1.90 bits per heavy atom. The summed E-state index contributed by atoms with van der Waals surface area (Å²) in [5, 5.41) is 0.997. The van der Waals surface area contributed by atoms with E-state index in [1.54, 1.807) is 11.3 Å². The molecule has 2 heterocycles. The zero-order valence-corrected chi connectivity index (χ0v) is 17.6. The van der Waals surface area contributed by atoms with E-state index in [2.05, 4.69) is 45.7 Å². The van der Waals surface area contributed by atoms with Crippen molar-refractivity contribution in [3.8, 4) is 0 Å². The molecular formula is C14H18Br2O2S3. The maximum absolute atomic E-state index is 12.6. The first-order valence-electron chi connectivity index (χ1n) is 6.99. The standard InChI is InChI=1S/C14H18Br2O2S3/c1-3-5-6-9(4-2)8-21(17,18)11-7-10-12(19-11)14(16)20-13(10)15/h7,9H,3-6,8H2,1-2H3. The van der Waals surface area contributed by atoms with Gasteiger partial charge in [0.25, 0.3) is 0 Å². The van der Waals surface area contributed by atoms with Gasteiger partial charge in [-0.3, -0.25) is 0 Å². The number of thiophene rings is 2. The quantitative estimate of drug-likeness (QED) is 0.461. The molecule has 2 aromatic heterocycles. The van der Waals surface area contributed by atoms with Crippen molar-refractivity contribution in [1.29, 1.82) is 0 Å². The molecule has 118 valence electrons. The number of hydrogen-bond donors (Lipinski definition) is 0. The molecule has 2 nitrogen and oxygen atoms in total. The molecule has 0 aliphatic heterocycles. The van der Waals surface area contributed by atoms with Crippen LogP contribution in [-0.2, 0) is 9.84 Å². The topological polar surface area (TPSA) is 34.1 Å². The first kappa shape index (κ1) is 17.9. The Bertz CT molecular complexity index is 681. The molecule has 0 fully saturated rings. The summed E-state index contributed by atoms with van der Waals surface area (Å²) >= 11 is 9.96. The lowest BCUT2D eigenvalue weighted by Gasteiger charge is -2.13. The number of unbranched alkanes of at least 4 members (excludes halogenated alkanes) is 1. The SMILES string of the molecule is CCCCC(CC)CS(=O)(=O)c1cc2c(Br)sc(Br)c2s1. The summed E-state index contributed by atoms with van der Waals surface area (Å²) in [6, 6.07) is 1.81. The first-order chi connectivity index (χ1) is 9.89. The fourth-order valence-corrected chi connectivity index (χ4v) is 8.93.